The van der Waals surface area contributed by atoms with E-state index < -0.39 is 0 Å². The highest BCUT2D eigenvalue weighted by atomic mass is 16.1. The molecule has 3 heteroatoms. The molecule has 3 nitrogen and oxygen atoms in total. The summed E-state index contributed by atoms with van der Waals surface area (Å²) in [6.45, 7) is 8.04. The average molecular weight is 290 g/mol. The van der Waals surface area contributed by atoms with Gasteiger partial charge in [0.2, 0.25) is 0 Å². The lowest BCUT2D eigenvalue weighted by Crippen LogP contribution is -2.40. The summed E-state index contributed by atoms with van der Waals surface area (Å²) in [6, 6.07) is 0.558. The van der Waals surface area contributed by atoms with Crippen molar-refractivity contribution in [2.24, 2.45) is 5.73 Å². The predicted molar refractivity (Wildman–Crippen MR) is 89.9 cm³/mol. The van der Waals surface area contributed by atoms with Crippen molar-refractivity contribution in [3.63, 3.8) is 0 Å². The zero-order valence-corrected chi connectivity index (χ0v) is 13.5. The molecule has 0 radical (unpaired) electrons. The summed E-state index contributed by atoms with van der Waals surface area (Å²) in [6.07, 6.45) is 12.9. The molecule has 3 N–H and O–H groups in total. The summed E-state index contributed by atoms with van der Waals surface area (Å²) in [5, 5.41) is 3.09. The van der Waals surface area contributed by atoms with E-state index in [1.165, 1.54) is 18.4 Å². The topological polar surface area (TPSA) is 55.1 Å². The van der Waals surface area contributed by atoms with Crippen molar-refractivity contribution in [1.82, 2.24) is 5.32 Å². The monoisotopic (exact) mass is 290 g/mol. The van der Waals surface area contributed by atoms with Crippen molar-refractivity contribution < 1.29 is 4.79 Å². The quantitative estimate of drug-likeness (QED) is 0.556. The van der Waals surface area contributed by atoms with Crippen LogP contribution < -0.4 is 11.1 Å². The molecule has 0 aromatic carbocycles. The number of carbonyl (C=O) groups excluding carboxylic acids is 1. The Balaban J connectivity index is 2.54. The summed E-state index contributed by atoms with van der Waals surface area (Å²) in [5.41, 5.74) is 7.82. The molecule has 1 saturated carbocycles. The van der Waals surface area contributed by atoms with E-state index >= 15 is 0 Å². The van der Waals surface area contributed by atoms with E-state index in [0.717, 1.165) is 32.1 Å². The van der Waals surface area contributed by atoms with E-state index in [1.807, 2.05) is 12.2 Å². The van der Waals surface area contributed by atoms with Gasteiger partial charge in [0.05, 0.1) is 0 Å². The first kappa shape index (κ1) is 17.7. The van der Waals surface area contributed by atoms with Crippen LogP contribution in [0.5, 0.6) is 0 Å². The van der Waals surface area contributed by atoms with Gasteiger partial charge in [-0.05, 0) is 51.5 Å². The minimum Gasteiger partial charge on any atom is -0.349 e. The summed E-state index contributed by atoms with van der Waals surface area (Å²) < 4.78 is 0. The molecule has 1 amide bonds. The standard InChI is InChI=1S/C18H30N2O/c1-4-6-7-14(3)8-9-15(5-2)18(21)20-17-12-10-16(19)11-13-17/h5,8-9,16-17H,2,4,6-7,10-13,19H2,1,3H3,(H,20,21)/b14-8+,15-9+. The van der Waals surface area contributed by atoms with E-state index in [4.69, 9.17) is 5.73 Å². The van der Waals surface area contributed by atoms with Crippen molar-refractivity contribution in [3.05, 3.63) is 36.0 Å². The van der Waals surface area contributed by atoms with Gasteiger partial charge in [-0.15, -0.1) is 0 Å². The Kier molecular flexibility index (Phi) is 8.06. The Bertz CT molecular complexity index is 401. The van der Waals surface area contributed by atoms with Crippen molar-refractivity contribution in [2.45, 2.75) is 70.9 Å². The Morgan fingerprint density at radius 3 is 2.52 bits per heavy atom. The van der Waals surface area contributed by atoms with Crippen LogP contribution in [0, 0.1) is 0 Å². The summed E-state index contributed by atoms with van der Waals surface area (Å²) in [7, 11) is 0. The molecule has 0 aromatic heterocycles. The van der Waals surface area contributed by atoms with Crippen LogP contribution in [-0.4, -0.2) is 18.0 Å². The van der Waals surface area contributed by atoms with Gasteiger partial charge >= 0.3 is 0 Å². The lowest BCUT2D eigenvalue weighted by molar-refractivity contribution is -0.118. The molecule has 1 rings (SSSR count). The largest absolute Gasteiger partial charge is 0.349 e. The first-order valence-electron chi connectivity index (χ1n) is 8.13. The normalized spacial score (nSPS) is 23.8. The molecule has 0 aromatic rings. The van der Waals surface area contributed by atoms with Crippen molar-refractivity contribution in [2.75, 3.05) is 0 Å². The molecule has 0 bridgehead atoms. The zero-order chi connectivity index (χ0) is 15.7. The predicted octanol–water partition coefficient (Wildman–Crippen LogP) is 3.62. The molecule has 0 saturated heterocycles. The molecule has 0 aliphatic heterocycles. The number of unbranched alkanes of at least 4 members (excludes halogenated alkanes) is 1. The smallest absolute Gasteiger partial charge is 0.251 e. The highest BCUT2D eigenvalue weighted by Crippen LogP contribution is 2.17. The zero-order valence-electron chi connectivity index (χ0n) is 13.5. The molecular weight excluding hydrogens is 260 g/mol. The molecule has 118 valence electrons. The number of nitrogens with one attached hydrogen (secondary N) is 1. The van der Waals surface area contributed by atoms with Crippen LogP contribution in [0.15, 0.2) is 36.0 Å². The highest BCUT2D eigenvalue weighted by molar-refractivity contribution is 5.96. The number of rotatable bonds is 7. The number of allylic oxidation sites excluding steroid dienone is 3. The van der Waals surface area contributed by atoms with E-state index in [-0.39, 0.29) is 11.9 Å². The van der Waals surface area contributed by atoms with Crippen molar-refractivity contribution in [3.8, 4) is 0 Å². The van der Waals surface area contributed by atoms with E-state index in [9.17, 15) is 4.79 Å². The van der Waals surface area contributed by atoms with E-state index in [1.54, 1.807) is 6.08 Å². The first-order chi connectivity index (χ1) is 10.1. The molecule has 21 heavy (non-hydrogen) atoms. The van der Waals surface area contributed by atoms with Crippen molar-refractivity contribution in [1.29, 1.82) is 0 Å². The molecule has 0 heterocycles. The van der Waals surface area contributed by atoms with Crippen LogP contribution >= 0.6 is 0 Å². The van der Waals surface area contributed by atoms with Gasteiger partial charge < -0.3 is 11.1 Å². The van der Waals surface area contributed by atoms with Crippen LogP contribution in [0.1, 0.15) is 58.8 Å². The van der Waals surface area contributed by atoms with Gasteiger partial charge in [0.1, 0.15) is 0 Å². The molecule has 1 fully saturated rings. The summed E-state index contributed by atoms with van der Waals surface area (Å²) in [4.78, 5) is 12.2. The SMILES string of the molecule is C=C/C(=C\C=C(/C)CCCC)C(=O)NC1CCC(N)CC1. The van der Waals surface area contributed by atoms with Gasteiger partial charge in [-0.2, -0.15) is 0 Å². The van der Waals surface area contributed by atoms with Crippen LogP contribution in [0.3, 0.4) is 0 Å². The molecule has 1 aliphatic carbocycles. The molecular formula is C18H30N2O. The van der Waals surface area contributed by atoms with Crippen LogP contribution in [-0.2, 0) is 4.79 Å². The maximum Gasteiger partial charge on any atom is 0.251 e. The van der Waals surface area contributed by atoms with Crippen molar-refractivity contribution >= 4 is 5.91 Å². The minimum absolute atomic E-state index is 0.0231. The Hall–Kier alpha value is -1.35. The van der Waals surface area contributed by atoms with E-state index in [2.05, 4.69) is 25.7 Å². The second-order valence-electron chi connectivity index (χ2n) is 6.03. The third-order valence-corrected chi connectivity index (χ3v) is 4.06. The van der Waals surface area contributed by atoms with Gasteiger partial charge in [0, 0.05) is 17.7 Å². The fourth-order valence-electron chi connectivity index (χ4n) is 2.54. The summed E-state index contributed by atoms with van der Waals surface area (Å²) >= 11 is 0. The maximum atomic E-state index is 12.2. The highest BCUT2D eigenvalue weighted by Gasteiger charge is 2.20. The Morgan fingerprint density at radius 2 is 1.95 bits per heavy atom. The maximum absolute atomic E-state index is 12.2. The van der Waals surface area contributed by atoms with Crippen LogP contribution in [0.2, 0.25) is 0 Å². The van der Waals surface area contributed by atoms with Gasteiger partial charge in [-0.1, -0.05) is 37.6 Å². The van der Waals surface area contributed by atoms with E-state index in [0.29, 0.717) is 11.6 Å². The number of hydrogen-bond acceptors (Lipinski definition) is 2. The Morgan fingerprint density at radius 1 is 1.29 bits per heavy atom. The molecule has 0 atom stereocenters. The van der Waals surface area contributed by atoms with Gasteiger partial charge in [-0.3, -0.25) is 4.79 Å². The van der Waals surface area contributed by atoms with Gasteiger partial charge in [0.25, 0.3) is 5.91 Å². The number of nitrogens with two attached hydrogens (primary N) is 1. The third kappa shape index (κ3) is 6.76. The lowest BCUT2D eigenvalue weighted by atomic mass is 9.91. The first-order valence-corrected chi connectivity index (χ1v) is 8.13. The average Bonchev–Trinajstić information content (AvgIpc) is 2.48. The summed E-state index contributed by atoms with van der Waals surface area (Å²) in [5.74, 6) is -0.0231. The minimum atomic E-state index is -0.0231. The fraction of sp³-hybridized carbons (Fsp3) is 0.611. The van der Waals surface area contributed by atoms with Gasteiger partial charge in [-0.25, -0.2) is 0 Å². The number of amides is 1. The molecule has 1 aliphatic rings. The number of carbonyl (C=O) groups is 1. The molecule has 0 spiro atoms. The second-order valence-corrected chi connectivity index (χ2v) is 6.03. The van der Waals surface area contributed by atoms with Crippen LogP contribution in [0.25, 0.3) is 0 Å². The fourth-order valence-corrected chi connectivity index (χ4v) is 2.54. The third-order valence-electron chi connectivity index (χ3n) is 4.06. The van der Waals surface area contributed by atoms with Crippen LogP contribution in [0.4, 0.5) is 0 Å². The second kappa shape index (κ2) is 9.56. The lowest BCUT2D eigenvalue weighted by Gasteiger charge is -2.26. The number of hydrogen-bond donors (Lipinski definition) is 2. The Labute approximate surface area is 129 Å². The van der Waals surface area contributed by atoms with Gasteiger partial charge in [0.15, 0.2) is 0 Å². The molecule has 0 unspecified atom stereocenters.